The van der Waals surface area contributed by atoms with E-state index in [1.807, 2.05) is 18.3 Å². The van der Waals surface area contributed by atoms with Crippen LogP contribution in [0.1, 0.15) is 26.0 Å². The van der Waals surface area contributed by atoms with Crippen molar-refractivity contribution in [3.8, 4) is 0 Å². The van der Waals surface area contributed by atoms with Crippen LogP contribution in [0.25, 0.3) is 5.65 Å². The number of fused-ring (bicyclic) bond motifs is 1. The van der Waals surface area contributed by atoms with Crippen molar-refractivity contribution >= 4 is 21.6 Å². The molecule has 0 bridgehead atoms. The Morgan fingerprint density at radius 3 is 2.94 bits per heavy atom. The standard InChI is InChI=1S/C12H16BrN3/c1-9(2)7-10(13)8-11-4-6-16-12(15-11)3-5-14-16/h3-6,9-10H,7-8H2,1-2H3. The minimum Gasteiger partial charge on any atom is -0.234 e. The number of alkyl halides is 1. The lowest BCUT2D eigenvalue weighted by Gasteiger charge is -2.11. The Bertz CT molecular complexity index is 464. The van der Waals surface area contributed by atoms with E-state index in [4.69, 9.17) is 0 Å². The van der Waals surface area contributed by atoms with Crippen LogP contribution in [0, 0.1) is 5.92 Å². The fourth-order valence-electron chi connectivity index (χ4n) is 1.79. The molecule has 2 heterocycles. The van der Waals surface area contributed by atoms with Crippen LogP contribution in [0.5, 0.6) is 0 Å². The molecular formula is C12H16BrN3. The molecule has 0 N–H and O–H groups in total. The van der Waals surface area contributed by atoms with Crippen molar-refractivity contribution in [2.45, 2.75) is 31.5 Å². The van der Waals surface area contributed by atoms with Crippen molar-refractivity contribution in [3.63, 3.8) is 0 Å². The molecule has 0 saturated carbocycles. The van der Waals surface area contributed by atoms with Gasteiger partial charge in [-0.25, -0.2) is 9.50 Å². The summed E-state index contributed by atoms with van der Waals surface area (Å²) in [5.74, 6) is 0.711. The minimum atomic E-state index is 0.505. The molecule has 1 atom stereocenters. The fraction of sp³-hybridized carbons (Fsp3) is 0.500. The van der Waals surface area contributed by atoms with Crippen molar-refractivity contribution in [1.82, 2.24) is 14.6 Å². The number of hydrogen-bond acceptors (Lipinski definition) is 2. The van der Waals surface area contributed by atoms with Gasteiger partial charge in [-0.3, -0.25) is 0 Å². The van der Waals surface area contributed by atoms with Gasteiger partial charge in [-0.1, -0.05) is 29.8 Å². The van der Waals surface area contributed by atoms with Gasteiger partial charge in [-0.15, -0.1) is 0 Å². The molecule has 2 aromatic rings. The van der Waals surface area contributed by atoms with Crippen LogP contribution in [-0.4, -0.2) is 19.4 Å². The van der Waals surface area contributed by atoms with Crippen LogP contribution in [0.2, 0.25) is 0 Å². The quantitative estimate of drug-likeness (QED) is 0.807. The van der Waals surface area contributed by atoms with Crippen molar-refractivity contribution < 1.29 is 0 Å². The molecule has 0 saturated heterocycles. The van der Waals surface area contributed by atoms with E-state index in [0.29, 0.717) is 10.7 Å². The van der Waals surface area contributed by atoms with E-state index >= 15 is 0 Å². The van der Waals surface area contributed by atoms with Gasteiger partial charge in [0, 0.05) is 29.2 Å². The highest BCUT2D eigenvalue weighted by Gasteiger charge is 2.09. The molecule has 0 aromatic carbocycles. The third-order valence-electron chi connectivity index (χ3n) is 2.47. The van der Waals surface area contributed by atoms with Crippen molar-refractivity contribution in [2.24, 2.45) is 5.92 Å². The lowest BCUT2D eigenvalue weighted by atomic mass is 10.1. The summed E-state index contributed by atoms with van der Waals surface area (Å²) in [4.78, 5) is 5.06. The molecule has 0 fully saturated rings. The Labute approximate surface area is 104 Å². The second-order valence-corrected chi connectivity index (χ2v) is 5.78. The molecular weight excluding hydrogens is 266 g/mol. The summed E-state index contributed by atoms with van der Waals surface area (Å²) in [6.07, 6.45) is 5.88. The molecule has 4 heteroatoms. The molecule has 86 valence electrons. The van der Waals surface area contributed by atoms with Gasteiger partial charge in [0.05, 0.1) is 6.20 Å². The average Bonchev–Trinajstić information content (AvgIpc) is 2.63. The normalized spacial score (nSPS) is 13.5. The third kappa shape index (κ3) is 2.82. The first-order chi connectivity index (χ1) is 7.65. The van der Waals surface area contributed by atoms with E-state index in [9.17, 15) is 0 Å². The van der Waals surface area contributed by atoms with Gasteiger partial charge in [0.15, 0.2) is 5.65 Å². The predicted octanol–water partition coefficient (Wildman–Crippen LogP) is 3.08. The number of nitrogens with zero attached hydrogens (tertiary/aromatic N) is 3. The van der Waals surface area contributed by atoms with Gasteiger partial charge in [0.2, 0.25) is 0 Å². The van der Waals surface area contributed by atoms with Crippen LogP contribution < -0.4 is 0 Å². The molecule has 2 aromatic heterocycles. The Kier molecular flexibility index (Phi) is 3.59. The molecule has 1 unspecified atom stereocenters. The Morgan fingerprint density at radius 2 is 2.19 bits per heavy atom. The van der Waals surface area contributed by atoms with Crippen LogP contribution in [0.15, 0.2) is 24.5 Å². The molecule has 16 heavy (non-hydrogen) atoms. The van der Waals surface area contributed by atoms with Crippen molar-refractivity contribution in [2.75, 3.05) is 0 Å². The SMILES string of the molecule is CC(C)CC(Br)Cc1ccn2nccc2n1. The van der Waals surface area contributed by atoms with Crippen LogP contribution >= 0.6 is 15.9 Å². The highest BCUT2D eigenvalue weighted by molar-refractivity contribution is 9.09. The smallest absolute Gasteiger partial charge is 0.155 e. The zero-order valence-electron chi connectivity index (χ0n) is 9.60. The van der Waals surface area contributed by atoms with Crippen LogP contribution in [0.3, 0.4) is 0 Å². The molecule has 3 nitrogen and oxygen atoms in total. The van der Waals surface area contributed by atoms with Gasteiger partial charge in [0.25, 0.3) is 0 Å². The highest BCUT2D eigenvalue weighted by atomic mass is 79.9. The first kappa shape index (κ1) is 11.6. The van der Waals surface area contributed by atoms with E-state index in [0.717, 1.165) is 17.8 Å². The lowest BCUT2D eigenvalue weighted by Crippen LogP contribution is -2.08. The molecule has 0 amide bonds. The van der Waals surface area contributed by atoms with E-state index in [-0.39, 0.29) is 0 Å². The van der Waals surface area contributed by atoms with E-state index < -0.39 is 0 Å². The van der Waals surface area contributed by atoms with Crippen molar-refractivity contribution in [1.29, 1.82) is 0 Å². The zero-order chi connectivity index (χ0) is 11.5. The van der Waals surface area contributed by atoms with E-state index in [1.165, 1.54) is 6.42 Å². The Hall–Kier alpha value is -0.900. The summed E-state index contributed by atoms with van der Waals surface area (Å²) in [6, 6.07) is 3.96. The number of hydrogen-bond donors (Lipinski definition) is 0. The molecule has 0 spiro atoms. The lowest BCUT2D eigenvalue weighted by molar-refractivity contribution is 0.568. The maximum absolute atomic E-state index is 4.55. The van der Waals surface area contributed by atoms with Gasteiger partial charge >= 0.3 is 0 Å². The first-order valence-electron chi connectivity index (χ1n) is 5.58. The molecule has 2 rings (SSSR count). The molecule has 0 aliphatic rings. The summed E-state index contributed by atoms with van der Waals surface area (Å²) in [5, 5.41) is 4.13. The molecule has 0 aliphatic carbocycles. The van der Waals surface area contributed by atoms with Gasteiger partial charge in [0.1, 0.15) is 0 Å². The summed E-state index contributed by atoms with van der Waals surface area (Å²) >= 11 is 3.71. The van der Waals surface area contributed by atoms with Gasteiger partial charge in [-0.2, -0.15) is 5.10 Å². The number of rotatable bonds is 4. The number of aromatic nitrogens is 3. The minimum absolute atomic E-state index is 0.505. The Balaban J connectivity index is 2.08. The summed E-state index contributed by atoms with van der Waals surface area (Å²) in [6.45, 7) is 4.48. The highest BCUT2D eigenvalue weighted by Crippen LogP contribution is 2.17. The van der Waals surface area contributed by atoms with Gasteiger partial charge in [-0.05, 0) is 18.4 Å². The average molecular weight is 282 g/mol. The summed E-state index contributed by atoms with van der Waals surface area (Å²) in [7, 11) is 0. The predicted molar refractivity (Wildman–Crippen MR) is 68.9 cm³/mol. The fourth-order valence-corrected chi connectivity index (χ4v) is 2.87. The maximum atomic E-state index is 4.55. The largest absolute Gasteiger partial charge is 0.234 e. The summed E-state index contributed by atoms with van der Waals surface area (Å²) < 4.78 is 1.79. The maximum Gasteiger partial charge on any atom is 0.155 e. The van der Waals surface area contributed by atoms with E-state index in [2.05, 4.69) is 39.9 Å². The topological polar surface area (TPSA) is 30.2 Å². The van der Waals surface area contributed by atoms with E-state index in [1.54, 1.807) is 10.7 Å². The summed E-state index contributed by atoms with van der Waals surface area (Å²) in [5.41, 5.74) is 2.04. The molecule has 0 aliphatic heterocycles. The third-order valence-corrected chi connectivity index (χ3v) is 3.17. The second-order valence-electron chi connectivity index (χ2n) is 4.48. The van der Waals surface area contributed by atoms with Crippen molar-refractivity contribution in [3.05, 3.63) is 30.2 Å². The van der Waals surface area contributed by atoms with Crippen LogP contribution in [0.4, 0.5) is 0 Å². The Morgan fingerprint density at radius 1 is 1.38 bits per heavy atom. The molecule has 0 radical (unpaired) electrons. The monoisotopic (exact) mass is 281 g/mol. The zero-order valence-corrected chi connectivity index (χ0v) is 11.2. The number of halogens is 1. The van der Waals surface area contributed by atoms with Crippen LogP contribution in [-0.2, 0) is 6.42 Å². The second kappa shape index (κ2) is 4.95. The van der Waals surface area contributed by atoms with Gasteiger partial charge < -0.3 is 0 Å². The first-order valence-corrected chi connectivity index (χ1v) is 6.50.